The Morgan fingerprint density at radius 1 is 1.33 bits per heavy atom. The molecule has 15 heavy (non-hydrogen) atoms. The van der Waals surface area contributed by atoms with Crippen LogP contribution in [0.4, 0.5) is 0 Å². The highest BCUT2D eigenvalue weighted by Gasteiger charge is 2.03. The van der Waals surface area contributed by atoms with Crippen molar-refractivity contribution < 1.29 is 19.4 Å². The first-order valence-corrected chi connectivity index (χ1v) is 5.13. The Hall–Kier alpha value is -1.32. The number of carboxylic acids is 1. The van der Waals surface area contributed by atoms with Gasteiger partial charge in [0.25, 0.3) is 0 Å². The zero-order valence-electron chi connectivity index (χ0n) is 9.28. The van der Waals surface area contributed by atoms with Crippen molar-refractivity contribution in [3.05, 3.63) is 11.6 Å². The molecular formula is C11H18O4. The van der Waals surface area contributed by atoms with Gasteiger partial charge in [-0.15, -0.1) is 0 Å². The number of ether oxygens (including phenoxy) is 1. The molecule has 0 aliphatic carbocycles. The molecule has 1 N–H and O–H groups in total. The largest absolute Gasteiger partial charge is 0.481 e. The fourth-order valence-corrected chi connectivity index (χ4v) is 1.07. The lowest BCUT2D eigenvalue weighted by atomic mass is 10.1. The molecule has 86 valence electrons. The second kappa shape index (κ2) is 8.03. The van der Waals surface area contributed by atoms with Crippen molar-refractivity contribution in [1.29, 1.82) is 0 Å². The lowest BCUT2D eigenvalue weighted by Crippen LogP contribution is -2.04. The lowest BCUT2D eigenvalue weighted by Gasteiger charge is -2.01. The molecule has 0 amide bonds. The van der Waals surface area contributed by atoms with Crippen LogP contribution < -0.4 is 0 Å². The van der Waals surface area contributed by atoms with Crippen molar-refractivity contribution in [3.8, 4) is 0 Å². The average molecular weight is 214 g/mol. The van der Waals surface area contributed by atoms with E-state index < -0.39 is 5.97 Å². The van der Waals surface area contributed by atoms with Gasteiger partial charge in [-0.05, 0) is 33.1 Å². The van der Waals surface area contributed by atoms with E-state index >= 15 is 0 Å². The molecule has 0 spiro atoms. The molecule has 0 heterocycles. The van der Waals surface area contributed by atoms with Crippen molar-refractivity contribution in [1.82, 2.24) is 0 Å². The molecule has 4 heteroatoms. The first-order chi connectivity index (χ1) is 7.07. The molecule has 4 nitrogen and oxygen atoms in total. The molecule has 0 saturated carbocycles. The number of aliphatic carboxylic acids is 1. The van der Waals surface area contributed by atoms with E-state index in [1.54, 1.807) is 19.9 Å². The molecule has 0 fully saturated rings. The summed E-state index contributed by atoms with van der Waals surface area (Å²) in [6, 6.07) is 0. The molecule has 0 aromatic rings. The van der Waals surface area contributed by atoms with E-state index in [1.165, 1.54) is 0 Å². The topological polar surface area (TPSA) is 63.6 Å². The normalized spacial score (nSPS) is 11.2. The minimum atomic E-state index is -0.777. The van der Waals surface area contributed by atoms with Gasteiger partial charge in [0.15, 0.2) is 0 Å². The third kappa shape index (κ3) is 7.73. The van der Waals surface area contributed by atoms with Crippen LogP contribution in [0.2, 0.25) is 0 Å². The number of hydrogen-bond donors (Lipinski definition) is 1. The fraction of sp³-hybridized carbons (Fsp3) is 0.636. The van der Waals surface area contributed by atoms with Gasteiger partial charge in [0.2, 0.25) is 0 Å². The highest BCUT2D eigenvalue weighted by Crippen LogP contribution is 2.05. The highest BCUT2D eigenvalue weighted by atomic mass is 16.5. The van der Waals surface area contributed by atoms with E-state index in [1.807, 2.05) is 0 Å². The average Bonchev–Trinajstić information content (AvgIpc) is 2.16. The molecule has 0 saturated heterocycles. The van der Waals surface area contributed by atoms with Crippen LogP contribution >= 0.6 is 0 Å². The Bertz CT molecular complexity index is 243. The summed E-state index contributed by atoms with van der Waals surface area (Å²) in [5.41, 5.74) is 0.590. The van der Waals surface area contributed by atoms with Gasteiger partial charge in [-0.2, -0.15) is 0 Å². The quantitative estimate of drug-likeness (QED) is 0.400. The van der Waals surface area contributed by atoms with Gasteiger partial charge in [0, 0.05) is 12.0 Å². The van der Waals surface area contributed by atoms with Crippen LogP contribution in [0.1, 0.15) is 39.5 Å². The SMILES string of the molecule is CCOC(=O)/C(C)=C\CCCCC(=O)O. The summed E-state index contributed by atoms with van der Waals surface area (Å²) in [6.45, 7) is 3.84. The van der Waals surface area contributed by atoms with Crippen LogP contribution in [0.25, 0.3) is 0 Å². The maximum absolute atomic E-state index is 11.1. The number of rotatable bonds is 7. The van der Waals surface area contributed by atoms with Crippen LogP contribution in [-0.4, -0.2) is 23.7 Å². The smallest absolute Gasteiger partial charge is 0.333 e. The van der Waals surface area contributed by atoms with E-state index in [-0.39, 0.29) is 12.4 Å². The third-order valence-corrected chi connectivity index (χ3v) is 1.89. The molecule has 0 aromatic carbocycles. The van der Waals surface area contributed by atoms with Crippen molar-refractivity contribution >= 4 is 11.9 Å². The number of hydrogen-bond acceptors (Lipinski definition) is 3. The van der Waals surface area contributed by atoms with Gasteiger partial charge in [-0.3, -0.25) is 4.79 Å². The molecule has 0 radical (unpaired) electrons. The Morgan fingerprint density at radius 2 is 2.00 bits per heavy atom. The summed E-state index contributed by atoms with van der Waals surface area (Å²) < 4.78 is 4.80. The van der Waals surface area contributed by atoms with Crippen LogP contribution in [0, 0.1) is 0 Å². The molecule has 0 unspecified atom stereocenters. The van der Waals surface area contributed by atoms with Gasteiger partial charge in [0.05, 0.1) is 6.61 Å². The zero-order valence-corrected chi connectivity index (χ0v) is 9.28. The molecule has 0 rings (SSSR count). The van der Waals surface area contributed by atoms with E-state index in [0.29, 0.717) is 18.6 Å². The van der Waals surface area contributed by atoms with Crippen molar-refractivity contribution in [2.24, 2.45) is 0 Å². The predicted molar refractivity (Wildman–Crippen MR) is 56.5 cm³/mol. The fourth-order valence-electron chi connectivity index (χ4n) is 1.07. The minimum Gasteiger partial charge on any atom is -0.481 e. The summed E-state index contributed by atoms with van der Waals surface area (Å²) in [7, 11) is 0. The van der Waals surface area contributed by atoms with Gasteiger partial charge in [-0.1, -0.05) is 6.08 Å². The Balaban J connectivity index is 3.66. The van der Waals surface area contributed by atoms with Crippen LogP contribution in [0.15, 0.2) is 11.6 Å². The van der Waals surface area contributed by atoms with E-state index in [2.05, 4.69) is 0 Å². The van der Waals surface area contributed by atoms with Crippen molar-refractivity contribution in [3.63, 3.8) is 0 Å². The number of carbonyl (C=O) groups is 2. The monoisotopic (exact) mass is 214 g/mol. The number of carbonyl (C=O) groups excluding carboxylic acids is 1. The van der Waals surface area contributed by atoms with Gasteiger partial charge in [0.1, 0.15) is 0 Å². The molecule has 0 atom stereocenters. The van der Waals surface area contributed by atoms with Gasteiger partial charge >= 0.3 is 11.9 Å². The van der Waals surface area contributed by atoms with Crippen LogP contribution in [-0.2, 0) is 14.3 Å². The first kappa shape index (κ1) is 13.7. The zero-order chi connectivity index (χ0) is 11.7. The molecular weight excluding hydrogens is 196 g/mol. The minimum absolute atomic E-state index is 0.187. The van der Waals surface area contributed by atoms with Gasteiger partial charge in [-0.25, -0.2) is 4.79 Å². The number of unbranched alkanes of at least 4 members (excludes halogenated alkanes) is 2. The van der Waals surface area contributed by atoms with Crippen molar-refractivity contribution in [2.75, 3.05) is 6.61 Å². The summed E-state index contributed by atoms with van der Waals surface area (Å²) in [4.78, 5) is 21.3. The Labute approximate surface area is 89.9 Å². The number of carboxylic acid groups (broad SMARTS) is 1. The van der Waals surface area contributed by atoms with Crippen LogP contribution in [0.5, 0.6) is 0 Å². The maximum atomic E-state index is 11.1. The molecule has 0 aliphatic heterocycles. The maximum Gasteiger partial charge on any atom is 0.333 e. The highest BCUT2D eigenvalue weighted by molar-refractivity contribution is 5.87. The summed E-state index contributed by atoms with van der Waals surface area (Å²) in [5, 5.41) is 8.39. The number of esters is 1. The van der Waals surface area contributed by atoms with Gasteiger partial charge < -0.3 is 9.84 Å². The number of allylic oxidation sites excluding steroid dienone is 1. The molecule has 0 bridgehead atoms. The Morgan fingerprint density at radius 3 is 2.53 bits per heavy atom. The van der Waals surface area contributed by atoms with Crippen molar-refractivity contribution in [2.45, 2.75) is 39.5 Å². The van der Waals surface area contributed by atoms with Crippen LogP contribution in [0.3, 0.4) is 0 Å². The molecule has 0 aliphatic rings. The second-order valence-corrected chi connectivity index (χ2v) is 3.25. The van der Waals surface area contributed by atoms with E-state index in [9.17, 15) is 9.59 Å². The van der Waals surface area contributed by atoms with E-state index in [0.717, 1.165) is 12.8 Å². The lowest BCUT2D eigenvalue weighted by molar-refractivity contribution is -0.139. The van der Waals surface area contributed by atoms with E-state index in [4.69, 9.17) is 9.84 Å². The molecule has 0 aromatic heterocycles. The summed E-state index contributed by atoms with van der Waals surface area (Å²) in [6.07, 6.45) is 4.12. The first-order valence-electron chi connectivity index (χ1n) is 5.13. The standard InChI is InChI=1S/C11H18O4/c1-3-15-11(14)9(2)7-5-4-6-8-10(12)13/h7H,3-6,8H2,1-2H3,(H,12,13)/b9-7-. The Kier molecular flexibility index (Phi) is 7.32. The summed E-state index contributed by atoms with van der Waals surface area (Å²) >= 11 is 0. The predicted octanol–water partition coefficient (Wildman–Crippen LogP) is 2.14. The summed E-state index contributed by atoms with van der Waals surface area (Å²) in [5.74, 6) is -1.07. The second-order valence-electron chi connectivity index (χ2n) is 3.25. The third-order valence-electron chi connectivity index (χ3n) is 1.89.